The summed E-state index contributed by atoms with van der Waals surface area (Å²) in [6.45, 7) is 2.44. The number of ether oxygens (including phenoxy) is 2. The molecule has 2 fully saturated rings. The quantitative estimate of drug-likeness (QED) is 0.527. The fourth-order valence-electron chi connectivity index (χ4n) is 4.11. The molecule has 0 aliphatic carbocycles. The average molecular weight is 442 g/mol. The first-order valence-corrected chi connectivity index (χ1v) is 10.6. The monoisotopic (exact) mass is 442 g/mol. The minimum Gasteiger partial charge on any atom is -0.490 e. The molecule has 2 saturated heterocycles. The second kappa shape index (κ2) is 9.89. The summed E-state index contributed by atoms with van der Waals surface area (Å²) in [5.41, 5.74) is 0.819. The zero-order valence-corrected chi connectivity index (χ0v) is 17.9. The maximum Gasteiger partial charge on any atom is 0.422 e. The fourth-order valence-corrected chi connectivity index (χ4v) is 4.11. The van der Waals surface area contributed by atoms with E-state index in [1.165, 1.54) is 4.90 Å². The lowest BCUT2D eigenvalue weighted by Gasteiger charge is -2.38. The summed E-state index contributed by atoms with van der Waals surface area (Å²) >= 11 is 0. The first-order valence-electron chi connectivity index (χ1n) is 10.6. The van der Waals surface area contributed by atoms with Crippen LogP contribution in [-0.2, 0) is 14.3 Å². The normalized spacial score (nSPS) is 23.5. The number of likely N-dealkylation sites (tertiary alicyclic amines) is 2. The molecule has 0 aromatic heterocycles. The van der Waals surface area contributed by atoms with Gasteiger partial charge in [0, 0.05) is 19.6 Å². The highest BCUT2D eigenvalue weighted by Gasteiger charge is 2.37. The number of rotatable bonds is 4. The van der Waals surface area contributed by atoms with Crippen LogP contribution in [0.2, 0.25) is 0 Å². The standard InChI is InChI=1S/C22H29F3N2O4/c1-15-3-8-19(27(13-15)20(28)21(29)30-14-22(23,24)25)16-4-6-17(7-5-16)31-18-9-11-26(2)12-10-18/h4-7,15,18-19H,3,8-14H2,1-2H3/t15-,19+/m0/s1. The number of benzene rings is 1. The van der Waals surface area contributed by atoms with Gasteiger partial charge in [-0.25, -0.2) is 4.79 Å². The molecule has 1 aromatic carbocycles. The van der Waals surface area contributed by atoms with Gasteiger partial charge in [-0.2, -0.15) is 13.2 Å². The summed E-state index contributed by atoms with van der Waals surface area (Å²) in [5.74, 6) is -1.63. The third-order valence-corrected chi connectivity index (χ3v) is 5.85. The zero-order valence-electron chi connectivity index (χ0n) is 17.9. The van der Waals surface area contributed by atoms with E-state index in [2.05, 4.69) is 16.7 Å². The van der Waals surface area contributed by atoms with Crippen molar-refractivity contribution in [3.63, 3.8) is 0 Å². The van der Waals surface area contributed by atoms with E-state index in [1.54, 1.807) is 0 Å². The third kappa shape index (κ3) is 6.59. The molecule has 1 aromatic rings. The van der Waals surface area contributed by atoms with E-state index < -0.39 is 24.7 Å². The SMILES string of the molecule is C[C@H]1CC[C@H](c2ccc(OC3CCN(C)CC3)cc2)N(C(=O)C(=O)OCC(F)(F)F)C1. The van der Waals surface area contributed by atoms with Gasteiger partial charge in [-0.1, -0.05) is 19.1 Å². The van der Waals surface area contributed by atoms with Crippen molar-refractivity contribution < 1.29 is 32.2 Å². The van der Waals surface area contributed by atoms with Gasteiger partial charge in [-0.3, -0.25) is 4.79 Å². The van der Waals surface area contributed by atoms with Crippen LogP contribution in [0.3, 0.4) is 0 Å². The molecule has 6 nitrogen and oxygen atoms in total. The number of hydrogen-bond acceptors (Lipinski definition) is 5. The largest absolute Gasteiger partial charge is 0.490 e. The van der Waals surface area contributed by atoms with Crippen molar-refractivity contribution in [3.8, 4) is 5.75 Å². The molecule has 31 heavy (non-hydrogen) atoms. The van der Waals surface area contributed by atoms with E-state index in [1.807, 2.05) is 31.2 Å². The van der Waals surface area contributed by atoms with Gasteiger partial charge in [0.1, 0.15) is 11.9 Å². The zero-order chi connectivity index (χ0) is 22.6. The second-order valence-corrected chi connectivity index (χ2v) is 8.54. The summed E-state index contributed by atoms with van der Waals surface area (Å²) in [6.07, 6.45) is -1.12. The molecule has 0 radical (unpaired) electrons. The summed E-state index contributed by atoms with van der Waals surface area (Å²) < 4.78 is 47.2. The van der Waals surface area contributed by atoms with Gasteiger partial charge in [-0.15, -0.1) is 0 Å². The number of amides is 1. The lowest BCUT2D eigenvalue weighted by molar-refractivity contribution is -0.190. The van der Waals surface area contributed by atoms with E-state index in [0.29, 0.717) is 13.0 Å². The molecule has 2 aliphatic heterocycles. The van der Waals surface area contributed by atoms with Gasteiger partial charge >= 0.3 is 18.1 Å². The highest BCUT2D eigenvalue weighted by Crippen LogP contribution is 2.34. The summed E-state index contributed by atoms with van der Waals surface area (Å²) in [7, 11) is 2.09. The second-order valence-electron chi connectivity index (χ2n) is 8.54. The Morgan fingerprint density at radius 1 is 1.06 bits per heavy atom. The molecule has 2 aliphatic rings. The van der Waals surface area contributed by atoms with Crippen LogP contribution in [0.25, 0.3) is 0 Å². The van der Waals surface area contributed by atoms with Crippen LogP contribution < -0.4 is 4.74 Å². The third-order valence-electron chi connectivity index (χ3n) is 5.85. The number of esters is 1. The summed E-state index contributed by atoms with van der Waals surface area (Å²) in [6, 6.07) is 7.00. The lowest BCUT2D eigenvalue weighted by atomic mass is 9.90. The Kier molecular flexibility index (Phi) is 7.46. The first kappa shape index (κ1) is 23.4. The molecular formula is C22H29F3N2O4. The first-order chi connectivity index (χ1) is 14.6. The Balaban J connectivity index is 1.66. The average Bonchev–Trinajstić information content (AvgIpc) is 2.73. The minimum absolute atomic E-state index is 0.141. The molecule has 0 unspecified atom stereocenters. The molecule has 0 saturated carbocycles. The van der Waals surface area contributed by atoms with E-state index in [0.717, 1.165) is 43.7 Å². The molecule has 3 rings (SSSR count). The Labute approximate surface area is 180 Å². The van der Waals surface area contributed by atoms with Gasteiger partial charge < -0.3 is 19.3 Å². The van der Waals surface area contributed by atoms with Gasteiger partial charge in [0.2, 0.25) is 0 Å². The van der Waals surface area contributed by atoms with Crippen LogP contribution in [0.1, 0.15) is 44.2 Å². The summed E-state index contributed by atoms with van der Waals surface area (Å²) in [4.78, 5) is 28.1. The highest BCUT2D eigenvalue weighted by atomic mass is 19.4. The van der Waals surface area contributed by atoms with Crippen LogP contribution >= 0.6 is 0 Å². The van der Waals surface area contributed by atoms with Crippen molar-refractivity contribution in [1.82, 2.24) is 9.80 Å². The molecule has 9 heteroatoms. The van der Waals surface area contributed by atoms with Crippen LogP contribution in [0.15, 0.2) is 24.3 Å². The van der Waals surface area contributed by atoms with Gasteiger partial charge in [0.25, 0.3) is 0 Å². The van der Waals surface area contributed by atoms with E-state index in [-0.39, 0.29) is 18.1 Å². The van der Waals surface area contributed by atoms with Gasteiger partial charge in [0.15, 0.2) is 6.61 Å². The molecular weight excluding hydrogens is 413 g/mol. The number of nitrogens with zero attached hydrogens (tertiary/aromatic N) is 2. The number of hydrogen-bond donors (Lipinski definition) is 0. The van der Waals surface area contributed by atoms with Crippen molar-refractivity contribution in [1.29, 1.82) is 0 Å². The van der Waals surface area contributed by atoms with Crippen LogP contribution in [0.5, 0.6) is 5.75 Å². The molecule has 1 amide bonds. The number of alkyl halides is 3. The minimum atomic E-state index is -4.67. The molecule has 172 valence electrons. The Hall–Kier alpha value is -2.29. The van der Waals surface area contributed by atoms with Crippen molar-refractivity contribution >= 4 is 11.9 Å². The molecule has 0 bridgehead atoms. The van der Waals surface area contributed by atoms with Crippen LogP contribution in [0, 0.1) is 5.92 Å². The molecule has 0 N–H and O–H groups in total. The van der Waals surface area contributed by atoms with E-state index in [4.69, 9.17) is 4.74 Å². The smallest absolute Gasteiger partial charge is 0.422 e. The van der Waals surface area contributed by atoms with Gasteiger partial charge in [0.05, 0.1) is 6.04 Å². The Bertz CT molecular complexity index is 761. The Morgan fingerprint density at radius 3 is 2.32 bits per heavy atom. The molecule has 0 spiro atoms. The predicted octanol–water partition coefficient (Wildman–Crippen LogP) is 3.56. The van der Waals surface area contributed by atoms with E-state index in [9.17, 15) is 22.8 Å². The lowest BCUT2D eigenvalue weighted by Crippen LogP contribution is -2.45. The van der Waals surface area contributed by atoms with Gasteiger partial charge in [-0.05, 0) is 56.3 Å². The maximum atomic E-state index is 12.6. The molecule has 2 heterocycles. The number of piperidine rings is 2. The van der Waals surface area contributed by atoms with Crippen molar-refractivity contribution in [3.05, 3.63) is 29.8 Å². The summed E-state index contributed by atoms with van der Waals surface area (Å²) in [5, 5.41) is 0. The van der Waals surface area contributed by atoms with E-state index >= 15 is 0 Å². The van der Waals surface area contributed by atoms with Crippen molar-refractivity contribution in [2.45, 2.75) is 50.9 Å². The van der Waals surface area contributed by atoms with Crippen molar-refractivity contribution in [2.24, 2.45) is 5.92 Å². The predicted molar refractivity (Wildman–Crippen MR) is 107 cm³/mol. The van der Waals surface area contributed by atoms with Crippen molar-refractivity contribution in [2.75, 3.05) is 33.3 Å². The Morgan fingerprint density at radius 2 is 1.71 bits per heavy atom. The van der Waals surface area contributed by atoms with Crippen LogP contribution in [0.4, 0.5) is 13.2 Å². The number of carbonyl (C=O) groups excluding carboxylic acids is 2. The maximum absolute atomic E-state index is 12.6. The highest BCUT2D eigenvalue weighted by molar-refractivity contribution is 6.32. The topological polar surface area (TPSA) is 59.1 Å². The number of carbonyl (C=O) groups is 2. The fraction of sp³-hybridized carbons (Fsp3) is 0.636. The number of halogens is 3. The van der Waals surface area contributed by atoms with Crippen LogP contribution in [-0.4, -0.2) is 67.2 Å². The molecule has 2 atom stereocenters.